The second-order valence-electron chi connectivity index (χ2n) is 4.92. The van der Waals surface area contributed by atoms with E-state index < -0.39 is 10.0 Å². The fourth-order valence-electron chi connectivity index (χ4n) is 2.35. The minimum Gasteiger partial charge on any atom is -0.242 e. The molecule has 1 aromatic rings. The molecule has 0 saturated carbocycles. The van der Waals surface area contributed by atoms with Crippen molar-refractivity contribution in [1.82, 2.24) is 9.29 Å². The van der Waals surface area contributed by atoms with Gasteiger partial charge in [-0.1, -0.05) is 18.5 Å². The standard InChI is InChI=1S/C12H16BrClN2O2S/c1-8-4-3-5-16(9(8)2)19(17,18)11-6-10(13)7-15-12(11)14/h6-9H,3-5H2,1-2H3. The fourth-order valence-corrected chi connectivity index (χ4v) is 5.04. The van der Waals surface area contributed by atoms with Crippen molar-refractivity contribution >= 4 is 37.6 Å². The van der Waals surface area contributed by atoms with Crippen molar-refractivity contribution in [2.45, 2.75) is 37.6 Å². The molecule has 2 atom stereocenters. The van der Waals surface area contributed by atoms with E-state index in [-0.39, 0.29) is 16.1 Å². The maximum atomic E-state index is 12.7. The predicted octanol–water partition coefficient (Wildman–Crippen LogP) is 3.31. The lowest BCUT2D eigenvalue weighted by atomic mass is 9.94. The molecule has 7 heteroatoms. The van der Waals surface area contributed by atoms with Gasteiger partial charge in [-0.25, -0.2) is 13.4 Å². The summed E-state index contributed by atoms with van der Waals surface area (Å²) >= 11 is 9.18. The number of rotatable bonds is 2. The van der Waals surface area contributed by atoms with Crippen LogP contribution < -0.4 is 0 Å². The largest absolute Gasteiger partial charge is 0.246 e. The summed E-state index contributed by atoms with van der Waals surface area (Å²) in [6.07, 6.45) is 3.42. The zero-order valence-electron chi connectivity index (χ0n) is 10.8. The zero-order valence-corrected chi connectivity index (χ0v) is 14.0. The Hall–Kier alpha value is -0.170. The van der Waals surface area contributed by atoms with E-state index in [2.05, 4.69) is 27.8 Å². The van der Waals surface area contributed by atoms with Gasteiger partial charge in [-0.15, -0.1) is 0 Å². The summed E-state index contributed by atoms with van der Waals surface area (Å²) in [5.41, 5.74) is 0. The summed E-state index contributed by atoms with van der Waals surface area (Å²) in [6, 6.07) is 1.49. The third kappa shape index (κ3) is 2.96. The highest BCUT2D eigenvalue weighted by Gasteiger charge is 2.35. The molecule has 1 aliphatic heterocycles. The van der Waals surface area contributed by atoms with Gasteiger partial charge in [-0.3, -0.25) is 0 Å². The van der Waals surface area contributed by atoms with Crippen LogP contribution in [0.2, 0.25) is 5.15 Å². The number of hydrogen-bond acceptors (Lipinski definition) is 3. The van der Waals surface area contributed by atoms with Crippen LogP contribution in [0.15, 0.2) is 21.6 Å². The van der Waals surface area contributed by atoms with Gasteiger partial charge in [0.1, 0.15) is 10.0 Å². The van der Waals surface area contributed by atoms with Crippen molar-refractivity contribution in [2.75, 3.05) is 6.54 Å². The average molecular weight is 368 g/mol. The lowest BCUT2D eigenvalue weighted by molar-refractivity contribution is 0.202. The van der Waals surface area contributed by atoms with Crippen LogP contribution in [0.3, 0.4) is 0 Å². The van der Waals surface area contributed by atoms with Gasteiger partial charge in [0.15, 0.2) is 0 Å². The molecule has 2 unspecified atom stereocenters. The van der Waals surface area contributed by atoms with Gasteiger partial charge in [-0.2, -0.15) is 4.31 Å². The quantitative estimate of drug-likeness (QED) is 0.754. The van der Waals surface area contributed by atoms with Crippen molar-refractivity contribution in [3.8, 4) is 0 Å². The van der Waals surface area contributed by atoms with Gasteiger partial charge in [0.2, 0.25) is 10.0 Å². The Balaban J connectivity index is 2.44. The molecule has 0 amide bonds. The van der Waals surface area contributed by atoms with E-state index in [9.17, 15) is 8.42 Å². The zero-order chi connectivity index (χ0) is 14.2. The highest BCUT2D eigenvalue weighted by atomic mass is 79.9. The van der Waals surface area contributed by atoms with Crippen LogP contribution in [0.25, 0.3) is 0 Å². The minimum atomic E-state index is -3.59. The number of sulfonamides is 1. The van der Waals surface area contributed by atoms with Gasteiger partial charge in [-0.05, 0) is 47.7 Å². The summed E-state index contributed by atoms with van der Waals surface area (Å²) < 4.78 is 27.5. The smallest absolute Gasteiger partial charge is 0.242 e. The molecule has 1 aliphatic rings. The first-order chi connectivity index (χ1) is 8.84. The minimum absolute atomic E-state index is 0.0196. The van der Waals surface area contributed by atoms with Crippen molar-refractivity contribution in [3.05, 3.63) is 21.9 Å². The summed E-state index contributed by atoms with van der Waals surface area (Å²) in [5.74, 6) is 0.349. The van der Waals surface area contributed by atoms with Crippen LogP contribution in [0.5, 0.6) is 0 Å². The van der Waals surface area contributed by atoms with Crippen LogP contribution in [-0.2, 0) is 10.0 Å². The summed E-state index contributed by atoms with van der Waals surface area (Å²) in [7, 11) is -3.59. The van der Waals surface area contributed by atoms with Crippen molar-refractivity contribution in [1.29, 1.82) is 0 Å². The number of nitrogens with zero attached hydrogens (tertiary/aromatic N) is 2. The molecule has 2 rings (SSSR count). The Labute approximate surface area is 127 Å². The molecule has 4 nitrogen and oxygen atoms in total. The molecule has 0 aliphatic carbocycles. The predicted molar refractivity (Wildman–Crippen MR) is 78.7 cm³/mol. The summed E-state index contributed by atoms with van der Waals surface area (Å²) in [5, 5.41) is 0.0219. The molecule has 0 N–H and O–H groups in total. The van der Waals surface area contributed by atoms with E-state index in [1.807, 2.05) is 6.92 Å². The molecule has 19 heavy (non-hydrogen) atoms. The Bertz CT molecular complexity index is 579. The Morgan fingerprint density at radius 2 is 2.16 bits per heavy atom. The van der Waals surface area contributed by atoms with Gasteiger partial charge in [0, 0.05) is 23.3 Å². The number of aromatic nitrogens is 1. The van der Waals surface area contributed by atoms with Crippen LogP contribution in [0, 0.1) is 5.92 Å². The second-order valence-corrected chi connectivity index (χ2v) is 8.05. The normalized spacial score (nSPS) is 25.5. The third-order valence-electron chi connectivity index (χ3n) is 3.68. The first-order valence-corrected chi connectivity index (χ1v) is 8.78. The molecule has 0 radical (unpaired) electrons. The average Bonchev–Trinajstić information content (AvgIpc) is 2.35. The number of pyridine rings is 1. The second kappa shape index (κ2) is 5.68. The molecule has 106 valence electrons. The highest BCUT2D eigenvalue weighted by molar-refractivity contribution is 9.10. The Morgan fingerprint density at radius 3 is 2.84 bits per heavy atom. The summed E-state index contributed by atoms with van der Waals surface area (Å²) in [6.45, 7) is 4.56. The van der Waals surface area contributed by atoms with Crippen LogP contribution >= 0.6 is 27.5 Å². The number of hydrogen-bond donors (Lipinski definition) is 0. The topological polar surface area (TPSA) is 50.3 Å². The molecule has 0 spiro atoms. The Kier molecular flexibility index (Phi) is 4.55. The lowest BCUT2D eigenvalue weighted by Gasteiger charge is -2.36. The van der Waals surface area contributed by atoms with Gasteiger partial charge in [0.25, 0.3) is 0 Å². The molecule has 0 bridgehead atoms. The maximum Gasteiger partial charge on any atom is 0.246 e. The van der Waals surface area contributed by atoms with E-state index in [4.69, 9.17) is 11.6 Å². The molecule has 2 heterocycles. The monoisotopic (exact) mass is 366 g/mol. The first kappa shape index (κ1) is 15.2. The fraction of sp³-hybridized carbons (Fsp3) is 0.583. The molecular weight excluding hydrogens is 352 g/mol. The molecule has 1 fully saturated rings. The van der Waals surface area contributed by atoms with E-state index in [0.29, 0.717) is 16.9 Å². The SMILES string of the molecule is CC1CCCN(S(=O)(=O)c2cc(Br)cnc2Cl)C1C. The number of piperidine rings is 1. The van der Waals surface area contributed by atoms with Gasteiger partial charge >= 0.3 is 0 Å². The van der Waals surface area contributed by atoms with Crippen LogP contribution in [0.4, 0.5) is 0 Å². The van der Waals surface area contributed by atoms with Crippen molar-refractivity contribution in [2.24, 2.45) is 5.92 Å². The van der Waals surface area contributed by atoms with E-state index >= 15 is 0 Å². The summed E-state index contributed by atoms with van der Waals surface area (Å²) in [4.78, 5) is 3.97. The van der Waals surface area contributed by atoms with Crippen molar-refractivity contribution < 1.29 is 8.42 Å². The molecular formula is C12H16BrClN2O2S. The van der Waals surface area contributed by atoms with Gasteiger partial charge < -0.3 is 0 Å². The van der Waals surface area contributed by atoms with Crippen LogP contribution in [0.1, 0.15) is 26.7 Å². The van der Waals surface area contributed by atoms with E-state index in [1.54, 1.807) is 0 Å². The lowest BCUT2D eigenvalue weighted by Crippen LogP contribution is -2.46. The maximum absolute atomic E-state index is 12.7. The first-order valence-electron chi connectivity index (χ1n) is 6.17. The van der Waals surface area contributed by atoms with Crippen LogP contribution in [-0.4, -0.2) is 30.3 Å². The third-order valence-corrected chi connectivity index (χ3v) is 6.52. The molecule has 1 saturated heterocycles. The van der Waals surface area contributed by atoms with Gasteiger partial charge in [0.05, 0.1) is 0 Å². The highest BCUT2D eigenvalue weighted by Crippen LogP contribution is 2.32. The molecule has 0 aromatic carbocycles. The molecule has 1 aromatic heterocycles. The number of halogens is 2. The Morgan fingerprint density at radius 1 is 1.47 bits per heavy atom. The van der Waals surface area contributed by atoms with E-state index in [1.165, 1.54) is 16.6 Å². The van der Waals surface area contributed by atoms with E-state index in [0.717, 1.165) is 12.8 Å². The van der Waals surface area contributed by atoms with Crippen molar-refractivity contribution in [3.63, 3.8) is 0 Å².